The highest BCUT2D eigenvalue weighted by molar-refractivity contribution is 6.32. The molecule has 1 aliphatic heterocycles. The molecule has 0 spiro atoms. The van der Waals surface area contributed by atoms with Crippen molar-refractivity contribution in [2.24, 2.45) is 0 Å². The van der Waals surface area contributed by atoms with Crippen LogP contribution in [0.2, 0.25) is 5.02 Å². The molecule has 9 nitrogen and oxygen atoms in total. The Bertz CT molecular complexity index is 952. The second kappa shape index (κ2) is 10.2. The van der Waals surface area contributed by atoms with E-state index in [1.54, 1.807) is 39.1 Å². The number of hydrogen-bond donors (Lipinski definition) is 3. The van der Waals surface area contributed by atoms with Gasteiger partial charge in [-0.05, 0) is 33.3 Å². The molecule has 1 unspecified atom stereocenters. The molecule has 0 saturated carbocycles. The van der Waals surface area contributed by atoms with Crippen LogP contribution >= 0.6 is 11.6 Å². The van der Waals surface area contributed by atoms with E-state index in [2.05, 4.69) is 15.3 Å². The molecule has 3 rings (SSSR count). The Balaban J connectivity index is 1.71. The number of hydrogen-bond acceptors (Lipinski definition) is 8. The lowest BCUT2D eigenvalue weighted by Crippen LogP contribution is -2.55. The van der Waals surface area contributed by atoms with Crippen molar-refractivity contribution in [2.75, 3.05) is 33.4 Å². The van der Waals surface area contributed by atoms with Gasteiger partial charge in [0.15, 0.2) is 0 Å². The molecular formula is C22H31ClN4O5. The van der Waals surface area contributed by atoms with Gasteiger partial charge in [0.1, 0.15) is 5.60 Å². The fraction of sp³-hybridized carbons (Fsp3) is 0.591. The fourth-order valence-electron chi connectivity index (χ4n) is 3.89. The van der Waals surface area contributed by atoms with Crippen LogP contribution in [0.15, 0.2) is 18.3 Å². The number of likely N-dealkylation sites (tertiary alicyclic amines) is 1. The number of halogens is 1. The van der Waals surface area contributed by atoms with Crippen LogP contribution in [0.4, 0.5) is 4.79 Å². The number of nitrogens with one attached hydrogen (secondary N) is 1. The summed E-state index contributed by atoms with van der Waals surface area (Å²) in [6.07, 6.45) is 0.800. The number of pyridine rings is 2. The first-order chi connectivity index (χ1) is 15.1. The molecule has 0 aromatic carbocycles. The summed E-state index contributed by atoms with van der Waals surface area (Å²) in [7, 11) is 1.53. The molecule has 0 aliphatic carbocycles. The van der Waals surface area contributed by atoms with Crippen molar-refractivity contribution in [1.82, 2.24) is 20.2 Å². The molecule has 3 atom stereocenters. The molecule has 0 bridgehead atoms. The molecule has 2 aromatic rings. The minimum Gasteiger partial charge on any atom is -0.481 e. The third kappa shape index (κ3) is 5.98. The molecule has 2 aromatic heterocycles. The fourth-order valence-corrected chi connectivity index (χ4v) is 4.18. The normalized spacial score (nSPS) is 20.7. The van der Waals surface area contributed by atoms with Crippen molar-refractivity contribution < 1.29 is 24.5 Å². The Morgan fingerprint density at radius 3 is 2.78 bits per heavy atom. The van der Waals surface area contributed by atoms with Crippen LogP contribution in [0.5, 0.6) is 5.88 Å². The predicted octanol–water partition coefficient (Wildman–Crippen LogP) is 2.33. The molecule has 32 heavy (non-hydrogen) atoms. The summed E-state index contributed by atoms with van der Waals surface area (Å²) in [6.45, 7) is 6.66. The van der Waals surface area contributed by atoms with Crippen molar-refractivity contribution in [3.63, 3.8) is 0 Å². The monoisotopic (exact) mass is 466 g/mol. The Morgan fingerprint density at radius 1 is 1.41 bits per heavy atom. The lowest BCUT2D eigenvalue weighted by Gasteiger charge is -2.38. The minimum absolute atomic E-state index is 0.149. The highest BCUT2D eigenvalue weighted by Gasteiger charge is 2.32. The number of methoxy groups -OCH3 is 1. The zero-order valence-electron chi connectivity index (χ0n) is 18.8. The molecule has 3 N–H and O–H groups in total. The van der Waals surface area contributed by atoms with E-state index in [0.717, 1.165) is 0 Å². The standard InChI is InChI=1S/C22H31ClN4O5/c1-22(2,3)32-21(30)25-15-7-8-27(11-17(15)29)10-13(12-28)19-14(23)9-24-16-5-6-18(31-4)26-20(16)19/h5-6,9,13,15,17,28-29H,7-8,10-12H2,1-4H3,(H,25,30)/t13?,15-,17+/m0/s1. The van der Waals surface area contributed by atoms with E-state index >= 15 is 0 Å². The zero-order chi connectivity index (χ0) is 23.5. The molecule has 1 saturated heterocycles. The van der Waals surface area contributed by atoms with Crippen LogP contribution in [-0.2, 0) is 4.74 Å². The number of aliphatic hydroxyl groups excluding tert-OH is 2. The Morgan fingerprint density at radius 2 is 2.16 bits per heavy atom. The van der Waals surface area contributed by atoms with Gasteiger partial charge >= 0.3 is 6.09 Å². The number of piperidine rings is 1. The van der Waals surface area contributed by atoms with Crippen LogP contribution in [0.1, 0.15) is 38.7 Å². The highest BCUT2D eigenvalue weighted by atomic mass is 35.5. The van der Waals surface area contributed by atoms with Gasteiger partial charge in [-0.15, -0.1) is 0 Å². The van der Waals surface area contributed by atoms with Crippen LogP contribution in [0, 0.1) is 0 Å². The Hall–Kier alpha value is -2.20. The van der Waals surface area contributed by atoms with Gasteiger partial charge in [-0.25, -0.2) is 9.78 Å². The van der Waals surface area contributed by atoms with E-state index in [4.69, 9.17) is 21.1 Å². The zero-order valence-corrected chi connectivity index (χ0v) is 19.6. The number of fused-ring (bicyclic) bond motifs is 1. The number of amides is 1. The molecule has 1 fully saturated rings. The molecule has 1 aliphatic rings. The average molecular weight is 467 g/mol. The maximum Gasteiger partial charge on any atom is 0.407 e. The Kier molecular flexibility index (Phi) is 7.76. The van der Waals surface area contributed by atoms with Gasteiger partial charge in [0.2, 0.25) is 5.88 Å². The quantitative estimate of drug-likeness (QED) is 0.593. The van der Waals surface area contributed by atoms with Gasteiger partial charge in [0, 0.05) is 43.4 Å². The smallest absolute Gasteiger partial charge is 0.407 e. The minimum atomic E-state index is -0.765. The molecule has 0 radical (unpaired) electrons. The van der Waals surface area contributed by atoms with Gasteiger partial charge < -0.3 is 25.0 Å². The van der Waals surface area contributed by atoms with E-state index in [1.165, 1.54) is 7.11 Å². The molecule has 1 amide bonds. The summed E-state index contributed by atoms with van der Waals surface area (Å²) in [5.74, 6) is 0.0964. The number of nitrogens with zero attached hydrogens (tertiary/aromatic N) is 3. The van der Waals surface area contributed by atoms with E-state index < -0.39 is 23.8 Å². The summed E-state index contributed by atoms with van der Waals surface area (Å²) in [6, 6.07) is 3.12. The lowest BCUT2D eigenvalue weighted by molar-refractivity contribution is 0.0175. The summed E-state index contributed by atoms with van der Waals surface area (Å²) >= 11 is 6.47. The van der Waals surface area contributed by atoms with Crippen molar-refractivity contribution in [3.8, 4) is 5.88 Å². The van der Waals surface area contributed by atoms with E-state index in [-0.39, 0.29) is 12.5 Å². The number of carbonyl (C=O) groups excluding carboxylic acids is 1. The van der Waals surface area contributed by atoms with Crippen LogP contribution in [0.3, 0.4) is 0 Å². The van der Waals surface area contributed by atoms with Gasteiger partial charge in [-0.3, -0.25) is 9.88 Å². The highest BCUT2D eigenvalue weighted by Crippen LogP contribution is 2.32. The van der Waals surface area contributed by atoms with Gasteiger partial charge in [-0.1, -0.05) is 11.6 Å². The number of aromatic nitrogens is 2. The first-order valence-corrected chi connectivity index (χ1v) is 11.0. The first-order valence-electron chi connectivity index (χ1n) is 10.6. The predicted molar refractivity (Wildman–Crippen MR) is 121 cm³/mol. The number of aliphatic hydroxyl groups is 2. The summed E-state index contributed by atoms with van der Waals surface area (Å²) in [5.41, 5.74) is 1.33. The van der Waals surface area contributed by atoms with E-state index in [0.29, 0.717) is 53.6 Å². The van der Waals surface area contributed by atoms with Crippen LogP contribution in [-0.4, -0.2) is 82.3 Å². The second-order valence-corrected chi connectivity index (χ2v) is 9.40. The SMILES string of the molecule is COc1ccc2ncc(Cl)c(C(CO)CN3CC[C@H](NC(=O)OC(C)(C)C)[C@H](O)C3)c2n1. The van der Waals surface area contributed by atoms with Crippen LogP contribution < -0.4 is 10.1 Å². The largest absolute Gasteiger partial charge is 0.481 e. The van der Waals surface area contributed by atoms with E-state index in [9.17, 15) is 15.0 Å². The molecule has 10 heteroatoms. The van der Waals surface area contributed by atoms with Gasteiger partial charge in [0.05, 0.1) is 41.9 Å². The summed E-state index contributed by atoms with van der Waals surface area (Å²) < 4.78 is 10.5. The van der Waals surface area contributed by atoms with Crippen LogP contribution in [0.25, 0.3) is 11.0 Å². The van der Waals surface area contributed by atoms with Gasteiger partial charge in [-0.2, -0.15) is 0 Å². The number of carbonyl (C=O) groups is 1. The second-order valence-electron chi connectivity index (χ2n) is 8.99. The third-order valence-electron chi connectivity index (χ3n) is 5.36. The summed E-state index contributed by atoms with van der Waals surface area (Å²) in [5, 5.41) is 23.9. The molecule has 176 valence electrons. The lowest BCUT2D eigenvalue weighted by atomic mass is 9.95. The third-order valence-corrected chi connectivity index (χ3v) is 5.66. The first kappa shape index (κ1) is 24.4. The average Bonchev–Trinajstić information content (AvgIpc) is 2.72. The van der Waals surface area contributed by atoms with Crippen molar-refractivity contribution in [1.29, 1.82) is 0 Å². The van der Waals surface area contributed by atoms with Gasteiger partial charge in [0.25, 0.3) is 0 Å². The number of β-amino-alcohol motifs (C(OH)–C–C–N with tert-alkyl or cyclic N) is 1. The Labute approximate surface area is 192 Å². The summed E-state index contributed by atoms with van der Waals surface area (Å²) in [4.78, 5) is 22.9. The topological polar surface area (TPSA) is 117 Å². The maximum absolute atomic E-state index is 12.0. The van der Waals surface area contributed by atoms with Crippen molar-refractivity contribution >= 4 is 28.7 Å². The number of rotatable bonds is 6. The van der Waals surface area contributed by atoms with Crippen molar-refractivity contribution in [2.45, 2.75) is 50.9 Å². The van der Waals surface area contributed by atoms with E-state index in [1.807, 2.05) is 4.90 Å². The van der Waals surface area contributed by atoms with Crippen molar-refractivity contribution in [3.05, 3.63) is 28.9 Å². The number of alkyl carbamates (subject to hydrolysis) is 1. The maximum atomic E-state index is 12.0. The number of ether oxygens (including phenoxy) is 2. The molecule has 3 heterocycles. The molecular weight excluding hydrogens is 436 g/mol.